The van der Waals surface area contributed by atoms with Gasteiger partial charge in [0.15, 0.2) is 11.2 Å². The molecule has 0 aliphatic heterocycles. The molecular formula is C22H21BrN6O3. The number of anilines is 1. The summed E-state index contributed by atoms with van der Waals surface area (Å²) in [6.45, 7) is 0.452. The summed E-state index contributed by atoms with van der Waals surface area (Å²) in [5.41, 5.74) is 4.17. The Bertz CT molecular complexity index is 1440. The lowest BCUT2D eigenvalue weighted by Crippen LogP contribution is -2.37. The number of phenolic OH excluding ortho intramolecular Hbond substituents is 1. The fourth-order valence-corrected chi connectivity index (χ4v) is 3.80. The molecule has 0 unspecified atom stereocenters. The minimum absolute atomic E-state index is 0.0765. The number of rotatable bonds is 6. The van der Waals surface area contributed by atoms with E-state index in [9.17, 15) is 14.7 Å². The highest BCUT2D eigenvalue weighted by Gasteiger charge is 2.19. The van der Waals surface area contributed by atoms with Gasteiger partial charge in [-0.2, -0.15) is 10.1 Å². The number of fused-ring (bicyclic) bond motifs is 1. The van der Waals surface area contributed by atoms with Crippen LogP contribution in [0, 0.1) is 0 Å². The smallest absolute Gasteiger partial charge is 0.332 e. The minimum Gasteiger partial charge on any atom is -0.507 e. The average Bonchev–Trinajstić information content (AvgIpc) is 3.16. The molecule has 0 aliphatic rings. The summed E-state index contributed by atoms with van der Waals surface area (Å²) < 4.78 is 4.92. The number of aromatic hydroxyl groups is 1. The maximum atomic E-state index is 12.9. The summed E-state index contributed by atoms with van der Waals surface area (Å²) >= 11 is 3.36. The number of phenols is 1. The highest BCUT2D eigenvalue weighted by Crippen LogP contribution is 2.21. The SMILES string of the molecule is Cn1c(=O)c2c(nc(N/N=C\c3cc(Br)ccc3O)n2CCc2ccccc2)n(C)c1=O. The Labute approximate surface area is 191 Å². The average molecular weight is 497 g/mol. The first kappa shape index (κ1) is 21.6. The first-order valence-electron chi connectivity index (χ1n) is 9.84. The van der Waals surface area contributed by atoms with Gasteiger partial charge in [-0.15, -0.1) is 0 Å². The lowest BCUT2D eigenvalue weighted by Gasteiger charge is -2.09. The first-order valence-corrected chi connectivity index (χ1v) is 10.6. The maximum Gasteiger partial charge on any atom is 0.332 e. The molecule has 4 rings (SSSR count). The highest BCUT2D eigenvalue weighted by atomic mass is 79.9. The molecule has 0 amide bonds. The highest BCUT2D eigenvalue weighted by molar-refractivity contribution is 9.10. The molecule has 164 valence electrons. The van der Waals surface area contributed by atoms with E-state index in [2.05, 4.69) is 31.4 Å². The molecule has 2 aromatic carbocycles. The second-order valence-corrected chi connectivity index (χ2v) is 8.19. The number of benzene rings is 2. The number of halogens is 1. The van der Waals surface area contributed by atoms with Crippen molar-refractivity contribution < 1.29 is 5.11 Å². The zero-order chi connectivity index (χ0) is 22.8. The molecule has 0 aliphatic carbocycles. The number of nitrogens with one attached hydrogen (secondary N) is 1. The van der Waals surface area contributed by atoms with Crippen molar-refractivity contribution in [3.05, 3.63) is 85.0 Å². The van der Waals surface area contributed by atoms with Gasteiger partial charge in [-0.25, -0.2) is 10.2 Å². The number of aromatic nitrogens is 4. The van der Waals surface area contributed by atoms with Crippen LogP contribution in [0.1, 0.15) is 11.1 Å². The molecule has 32 heavy (non-hydrogen) atoms. The molecule has 0 spiro atoms. The number of hydrogen-bond acceptors (Lipinski definition) is 6. The van der Waals surface area contributed by atoms with Crippen LogP contribution < -0.4 is 16.7 Å². The molecular weight excluding hydrogens is 476 g/mol. The third-order valence-electron chi connectivity index (χ3n) is 5.17. The van der Waals surface area contributed by atoms with E-state index in [1.54, 1.807) is 29.8 Å². The van der Waals surface area contributed by atoms with Gasteiger partial charge in [0.1, 0.15) is 5.75 Å². The summed E-state index contributed by atoms with van der Waals surface area (Å²) in [6.07, 6.45) is 2.11. The van der Waals surface area contributed by atoms with E-state index in [-0.39, 0.29) is 11.4 Å². The molecule has 2 N–H and O–H groups in total. The number of nitrogens with zero attached hydrogens (tertiary/aromatic N) is 5. The van der Waals surface area contributed by atoms with Crippen LogP contribution in [0.2, 0.25) is 0 Å². The second-order valence-electron chi connectivity index (χ2n) is 7.27. The Kier molecular flexibility index (Phi) is 5.95. The lowest BCUT2D eigenvalue weighted by molar-refractivity contribution is 0.474. The summed E-state index contributed by atoms with van der Waals surface area (Å²) in [6, 6.07) is 14.9. The summed E-state index contributed by atoms with van der Waals surface area (Å²) in [5.74, 6) is 0.396. The third-order valence-corrected chi connectivity index (χ3v) is 5.67. The van der Waals surface area contributed by atoms with Gasteiger partial charge < -0.3 is 9.67 Å². The lowest BCUT2D eigenvalue weighted by atomic mass is 10.1. The van der Waals surface area contributed by atoms with Crippen LogP contribution in [-0.4, -0.2) is 30.0 Å². The van der Waals surface area contributed by atoms with Crippen LogP contribution in [0.3, 0.4) is 0 Å². The number of hydrogen-bond donors (Lipinski definition) is 2. The molecule has 0 bridgehead atoms. The van der Waals surface area contributed by atoms with Crippen LogP contribution in [0.5, 0.6) is 5.75 Å². The van der Waals surface area contributed by atoms with E-state index in [4.69, 9.17) is 0 Å². The number of hydrazone groups is 1. The summed E-state index contributed by atoms with van der Waals surface area (Å²) in [5, 5.41) is 14.2. The van der Waals surface area contributed by atoms with Crippen LogP contribution in [0.25, 0.3) is 11.2 Å². The zero-order valence-corrected chi connectivity index (χ0v) is 19.1. The van der Waals surface area contributed by atoms with Crippen LogP contribution in [-0.2, 0) is 27.1 Å². The topological polar surface area (TPSA) is 106 Å². The van der Waals surface area contributed by atoms with Gasteiger partial charge in [0.25, 0.3) is 5.56 Å². The largest absolute Gasteiger partial charge is 0.507 e. The molecule has 0 saturated heterocycles. The van der Waals surface area contributed by atoms with Crippen molar-refractivity contribution >= 4 is 39.3 Å². The van der Waals surface area contributed by atoms with E-state index in [0.717, 1.165) is 14.6 Å². The third kappa shape index (κ3) is 4.09. The van der Waals surface area contributed by atoms with Gasteiger partial charge in [-0.3, -0.25) is 13.9 Å². The Balaban J connectivity index is 1.76. The Morgan fingerprint density at radius 3 is 2.62 bits per heavy atom. The van der Waals surface area contributed by atoms with E-state index < -0.39 is 11.2 Å². The van der Waals surface area contributed by atoms with Crippen LogP contribution >= 0.6 is 15.9 Å². The Morgan fingerprint density at radius 1 is 1.12 bits per heavy atom. The number of aryl methyl sites for hydroxylation is 3. The maximum absolute atomic E-state index is 12.9. The van der Waals surface area contributed by atoms with Crippen molar-refractivity contribution in [3.8, 4) is 5.75 Å². The Morgan fingerprint density at radius 2 is 1.88 bits per heavy atom. The molecule has 0 fully saturated rings. The van der Waals surface area contributed by atoms with Crippen molar-refractivity contribution in [1.82, 2.24) is 18.7 Å². The van der Waals surface area contributed by atoms with Crippen LogP contribution in [0.4, 0.5) is 5.95 Å². The predicted molar refractivity (Wildman–Crippen MR) is 127 cm³/mol. The van der Waals surface area contributed by atoms with Gasteiger partial charge in [-0.05, 0) is 30.2 Å². The van der Waals surface area contributed by atoms with Crippen molar-refractivity contribution in [2.75, 3.05) is 5.43 Å². The van der Waals surface area contributed by atoms with Crippen molar-refractivity contribution in [3.63, 3.8) is 0 Å². The Hall–Kier alpha value is -3.66. The van der Waals surface area contributed by atoms with Gasteiger partial charge >= 0.3 is 5.69 Å². The van der Waals surface area contributed by atoms with Crippen molar-refractivity contribution in [2.45, 2.75) is 13.0 Å². The van der Waals surface area contributed by atoms with Gasteiger partial charge in [-0.1, -0.05) is 46.3 Å². The van der Waals surface area contributed by atoms with Gasteiger partial charge in [0.2, 0.25) is 5.95 Å². The first-order chi connectivity index (χ1) is 15.4. The fourth-order valence-electron chi connectivity index (χ4n) is 3.42. The van der Waals surface area contributed by atoms with Gasteiger partial charge in [0.05, 0.1) is 6.21 Å². The molecule has 2 aromatic heterocycles. The zero-order valence-electron chi connectivity index (χ0n) is 17.5. The second kappa shape index (κ2) is 8.83. The predicted octanol–water partition coefficient (Wildman–Crippen LogP) is 2.59. The number of imidazole rings is 1. The summed E-state index contributed by atoms with van der Waals surface area (Å²) in [7, 11) is 3.02. The standard InChI is InChI=1S/C22H21BrN6O3/c1-27-19-18(20(31)28(2)22(27)32)29(11-10-14-6-4-3-5-7-14)21(25-19)26-24-13-15-12-16(23)8-9-17(15)30/h3-9,12-13,30H,10-11H2,1-2H3,(H,25,26)/b24-13-. The molecule has 0 radical (unpaired) electrons. The minimum atomic E-state index is -0.454. The molecule has 10 heteroatoms. The fraction of sp³-hybridized carbons (Fsp3) is 0.182. The molecule has 0 atom stereocenters. The molecule has 4 aromatic rings. The molecule has 0 saturated carbocycles. The quantitative estimate of drug-likeness (QED) is 0.315. The monoisotopic (exact) mass is 496 g/mol. The van der Waals surface area contributed by atoms with E-state index >= 15 is 0 Å². The van der Waals surface area contributed by atoms with Crippen molar-refractivity contribution in [1.29, 1.82) is 0 Å². The van der Waals surface area contributed by atoms with E-state index in [0.29, 0.717) is 30.0 Å². The summed E-state index contributed by atoms with van der Waals surface area (Å²) in [4.78, 5) is 29.7. The van der Waals surface area contributed by atoms with E-state index in [1.165, 1.54) is 17.8 Å². The normalized spacial score (nSPS) is 11.5. The molecule has 2 heterocycles. The van der Waals surface area contributed by atoms with Crippen molar-refractivity contribution in [2.24, 2.45) is 19.2 Å². The van der Waals surface area contributed by atoms with Gasteiger partial charge in [0, 0.05) is 30.7 Å². The van der Waals surface area contributed by atoms with Crippen LogP contribution in [0.15, 0.2) is 67.7 Å². The molecule has 9 nitrogen and oxygen atoms in total. The van der Waals surface area contributed by atoms with E-state index in [1.807, 2.05) is 30.3 Å².